The summed E-state index contributed by atoms with van der Waals surface area (Å²) in [6.45, 7) is 7.00. The number of aromatic hydroxyl groups is 1. The van der Waals surface area contributed by atoms with Crippen LogP contribution in [0.15, 0.2) is 18.2 Å². The van der Waals surface area contributed by atoms with E-state index in [0.29, 0.717) is 12.3 Å². The summed E-state index contributed by atoms with van der Waals surface area (Å²) in [5.41, 5.74) is 0.804. The molecule has 2 aliphatic rings. The molecule has 7 heteroatoms. The van der Waals surface area contributed by atoms with Crippen molar-refractivity contribution < 1.29 is 19.4 Å². The number of phenols is 1. The van der Waals surface area contributed by atoms with E-state index >= 15 is 0 Å². The largest absolute Gasteiger partial charge is 0.508 e. The predicted molar refractivity (Wildman–Crippen MR) is 113 cm³/mol. The van der Waals surface area contributed by atoms with Crippen LogP contribution in [0.1, 0.15) is 50.5 Å². The lowest BCUT2D eigenvalue weighted by atomic mass is 9.89. The second kappa shape index (κ2) is 11.8. The van der Waals surface area contributed by atoms with Crippen molar-refractivity contribution >= 4 is 11.9 Å². The van der Waals surface area contributed by atoms with Gasteiger partial charge in [0, 0.05) is 31.5 Å². The van der Waals surface area contributed by atoms with Crippen LogP contribution in [-0.2, 0) is 9.59 Å². The zero-order valence-corrected chi connectivity index (χ0v) is 17.9. The first-order valence-electron chi connectivity index (χ1n) is 10.6. The first-order chi connectivity index (χ1) is 13.9. The molecule has 0 saturated carbocycles. The number of phenolic OH excluding ortho intramolecular Hbond substituents is 1. The Bertz CT molecular complexity index is 672. The Labute approximate surface area is 174 Å². The minimum Gasteiger partial charge on any atom is -0.508 e. The number of likely N-dealkylation sites (tertiary alicyclic amines) is 1. The van der Waals surface area contributed by atoms with E-state index in [1.807, 2.05) is 0 Å². The molecule has 2 aliphatic heterocycles. The Morgan fingerprint density at radius 3 is 2.62 bits per heavy atom. The number of hydrogen-bond donors (Lipinski definition) is 2. The summed E-state index contributed by atoms with van der Waals surface area (Å²) in [4.78, 5) is 28.4. The highest BCUT2D eigenvalue weighted by molar-refractivity contribution is 5.81. The first-order valence-corrected chi connectivity index (χ1v) is 10.6. The van der Waals surface area contributed by atoms with E-state index in [-0.39, 0.29) is 36.4 Å². The van der Waals surface area contributed by atoms with Gasteiger partial charge in [0.15, 0.2) is 0 Å². The fraction of sp³-hybridized carbons (Fsp3) is 0.636. The standard InChI is InChI=1S/C18H24N2O4.C4H11N/c21-14-4-5-15-13(11-18(23)24-16(15)12-14)10-17(22)19-6-9-20-7-2-1-3-8-20;1-4-5(2)3/h4-5,12-13,21H,1-3,6-11H2,(H,19,22);4H2,1-3H3. The molecule has 29 heavy (non-hydrogen) atoms. The predicted octanol–water partition coefficient (Wildman–Crippen LogP) is 2.35. The lowest BCUT2D eigenvalue weighted by Gasteiger charge is -2.27. The Kier molecular flexibility index (Phi) is 9.41. The van der Waals surface area contributed by atoms with E-state index in [0.717, 1.165) is 31.7 Å². The van der Waals surface area contributed by atoms with Gasteiger partial charge in [0.1, 0.15) is 11.5 Å². The number of amides is 1. The summed E-state index contributed by atoms with van der Waals surface area (Å²) in [6, 6.07) is 4.70. The third-order valence-corrected chi connectivity index (χ3v) is 5.34. The van der Waals surface area contributed by atoms with E-state index in [4.69, 9.17) is 4.74 Å². The van der Waals surface area contributed by atoms with Gasteiger partial charge < -0.3 is 25.0 Å². The highest BCUT2D eigenvalue weighted by atomic mass is 16.5. The maximum absolute atomic E-state index is 12.2. The minimum absolute atomic E-state index is 0.0492. The number of nitrogens with one attached hydrogen (secondary N) is 1. The summed E-state index contributed by atoms with van der Waals surface area (Å²) >= 11 is 0. The molecule has 2 heterocycles. The lowest BCUT2D eigenvalue weighted by Crippen LogP contribution is -2.38. The number of hydrogen-bond acceptors (Lipinski definition) is 6. The molecule has 0 aliphatic carbocycles. The van der Waals surface area contributed by atoms with Gasteiger partial charge in [0.25, 0.3) is 0 Å². The van der Waals surface area contributed by atoms with E-state index in [2.05, 4.69) is 36.1 Å². The van der Waals surface area contributed by atoms with Gasteiger partial charge in [-0.1, -0.05) is 19.4 Å². The Morgan fingerprint density at radius 1 is 1.28 bits per heavy atom. The zero-order valence-electron chi connectivity index (χ0n) is 17.9. The third-order valence-electron chi connectivity index (χ3n) is 5.34. The van der Waals surface area contributed by atoms with Crippen molar-refractivity contribution in [3.63, 3.8) is 0 Å². The van der Waals surface area contributed by atoms with Crippen LogP contribution in [-0.4, -0.2) is 73.6 Å². The van der Waals surface area contributed by atoms with Crippen LogP contribution < -0.4 is 10.1 Å². The number of nitrogens with zero attached hydrogens (tertiary/aromatic N) is 2. The van der Waals surface area contributed by atoms with Crippen molar-refractivity contribution in [3.8, 4) is 11.5 Å². The Hall–Kier alpha value is -2.12. The van der Waals surface area contributed by atoms with E-state index in [9.17, 15) is 14.7 Å². The van der Waals surface area contributed by atoms with Crippen LogP contribution in [0.3, 0.4) is 0 Å². The molecule has 2 N–H and O–H groups in total. The molecule has 0 spiro atoms. The van der Waals surface area contributed by atoms with Crippen LogP contribution in [0.5, 0.6) is 11.5 Å². The maximum Gasteiger partial charge on any atom is 0.311 e. The molecule has 1 atom stereocenters. The minimum atomic E-state index is -0.362. The normalized spacial score (nSPS) is 19.0. The second-order valence-electron chi connectivity index (χ2n) is 7.95. The maximum atomic E-state index is 12.2. The van der Waals surface area contributed by atoms with Gasteiger partial charge in [0.05, 0.1) is 6.42 Å². The van der Waals surface area contributed by atoms with Crippen LogP contribution in [0.2, 0.25) is 0 Å². The zero-order chi connectivity index (χ0) is 21.2. The molecule has 0 bridgehead atoms. The van der Waals surface area contributed by atoms with Gasteiger partial charge >= 0.3 is 5.97 Å². The van der Waals surface area contributed by atoms with Crippen molar-refractivity contribution in [2.45, 2.75) is 44.9 Å². The molecule has 1 aromatic rings. The molecule has 1 unspecified atom stereocenters. The van der Waals surface area contributed by atoms with Gasteiger partial charge in [-0.2, -0.15) is 0 Å². The molecule has 3 rings (SSSR count). The van der Waals surface area contributed by atoms with Crippen LogP contribution in [0, 0.1) is 0 Å². The first kappa shape index (κ1) is 23.2. The van der Waals surface area contributed by atoms with Gasteiger partial charge in [-0.15, -0.1) is 0 Å². The Morgan fingerprint density at radius 2 is 1.97 bits per heavy atom. The van der Waals surface area contributed by atoms with Crippen LogP contribution in [0.4, 0.5) is 0 Å². The van der Waals surface area contributed by atoms with Gasteiger partial charge in [-0.05, 0) is 58.2 Å². The van der Waals surface area contributed by atoms with Crippen molar-refractivity contribution in [2.75, 3.05) is 46.8 Å². The molecular formula is C22H35N3O4. The van der Waals surface area contributed by atoms with Gasteiger partial charge in [0.2, 0.25) is 5.91 Å². The van der Waals surface area contributed by atoms with Crippen LogP contribution >= 0.6 is 0 Å². The molecule has 1 aromatic carbocycles. The van der Waals surface area contributed by atoms with Crippen molar-refractivity contribution in [3.05, 3.63) is 23.8 Å². The Balaban J connectivity index is 0.000000537. The monoisotopic (exact) mass is 405 g/mol. The quantitative estimate of drug-likeness (QED) is 0.558. The third kappa shape index (κ3) is 8.03. The molecule has 0 aromatic heterocycles. The van der Waals surface area contributed by atoms with Crippen molar-refractivity contribution in [1.29, 1.82) is 0 Å². The summed E-state index contributed by atoms with van der Waals surface area (Å²) in [6.07, 6.45) is 4.23. The molecule has 1 amide bonds. The average Bonchev–Trinajstić information content (AvgIpc) is 2.68. The van der Waals surface area contributed by atoms with Gasteiger partial charge in [-0.3, -0.25) is 9.59 Å². The number of carbonyl (C=O) groups excluding carboxylic acids is 2. The van der Waals surface area contributed by atoms with Crippen molar-refractivity contribution in [1.82, 2.24) is 15.1 Å². The highest BCUT2D eigenvalue weighted by Gasteiger charge is 2.29. The second-order valence-corrected chi connectivity index (χ2v) is 7.95. The summed E-state index contributed by atoms with van der Waals surface area (Å²) < 4.78 is 5.15. The molecular weight excluding hydrogens is 370 g/mol. The molecule has 0 radical (unpaired) electrons. The smallest absolute Gasteiger partial charge is 0.311 e. The fourth-order valence-electron chi connectivity index (χ4n) is 3.44. The fourth-order valence-corrected chi connectivity index (χ4v) is 3.44. The highest BCUT2D eigenvalue weighted by Crippen LogP contribution is 2.38. The number of piperidine rings is 1. The van der Waals surface area contributed by atoms with E-state index < -0.39 is 0 Å². The lowest BCUT2D eigenvalue weighted by molar-refractivity contribution is -0.136. The number of esters is 1. The van der Waals surface area contributed by atoms with Crippen molar-refractivity contribution in [2.24, 2.45) is 0 Å². The van der Waals surface area contributed by atoms with E-state index in [1.165, 1.54) is 25.3 Å². The molecule has 1 saturated heterocycles. The number of ether oxygens (including phenoxy) is 1. The number of carbonyl (C=O) groups is 2. The van der Waals surface area contributed by atoms with Crippen LogP contribution in [0.25, 0.3) is 0 Å². The number of benzene rings is 1. The summed E-state index contributed by atoms with van der Waals surface area (Å²) in [5.74, 6) is -0.202. The number of fused-ring (bicyclic) bond motifs is 1. The average molecular weight is 406 g/mol. The van der Waals surface area contributed by atoms with Gasteiger partial charge in [-0.25, -0.2) is 0 Å². The van der Waals surface area contributed by atoms with E-state index in [1.54, 1.807) is 12.1 Å². The molecule has 162 valence electrons. The summed E-state index contributed by atoms with van der Waals surface area (Å²) in [7, 11) is 4.11. The molecule has 1 fully saturated rings. The summed E-state index contributed by atoms with van der Waals surface area (Å²) in [5, 5.41) is 12.5. The SMILES string of the molecule is CCN(C)C.O=C(CC1CC(=O)Oc2cc(O)ccc21)NCCN1CCCCC1. The number of rotatable bonds is 6. The molecule has 7 nitrogen and oxygen atoms in total. The topological polar surface area (TPSA) is 82.1 Å².